The minimum Gasteiger partial charge on any atom is -0.392 e. The van der Waals surface area contributed by atoms with E-state index in [-0.39, 0.29) is 6.10 Å². The summed E-state index contributed by atoms with van der Waals surface area (Å²) in [6, 6.07) is 0.424. The Bertz CT molecular complexity index is 204. The monoisotopic (exact) mass is 227 g/mol. The third kappa shape index (κ3) is 3.70. The lowest BCUT2D eigenvalue weighted by Gasteiger charge is -2.34. The molecule has 2 saturated heterocycles. The molecule has 0 aliphatic carbocycles. The molecule has 2 aliphatic rings. The molecule has 16 heavy (non-hydrogen) atoms. The number of β-amino-alcohol motifs (C(OH)–C–C–N with tert-alkyl or cyclic N) is 1. The zero-order chi connectivity index (χ0) is 11.4. The van der Waals surface area contributed by atoms with Gasteiger partial charge in [-0.25, -0.2) is 0 Å². The molecule has 0 saturated carbocycles. The maximum Gasteiger partial charge on any atom is 0.0667 e. The number of rotatable bonds is 3. The van der Waals surface area contributed by atoms with Crippen LogP contribution in [0, 0.1) is 0 Å². The lowest BCUT2D eigenvalue weighted by molar-refractivity contribution is 0.0625. The molecule has 0 unspecified atom stereocenters. The Balaban J connectivity index is 1.63. The summed E-state index contributed by atoms with van der Waals surface area (Å²) in [6.45, 7) is 6.57. The Morgan fingerprint density at radius 1 is 1.00 bits per heavy atom. The van der Waals surface area contributed by atoms with Gasteiger partial charge in [0.15, 0.2) is 0 Å². The van der Waals surface area contributed by atoms with Gasteiger partial charge in [-0.2, -0.15) is 0 Å². The molecular formula is C12H25N3O. The van der Waals surface area contributed by atoms with Crippen LogP contribution in [0.1, 0.15) is 25.7 Å². The summed E-state index contributed by atoms with van der Waals surface area (Å²) in [4.78, 5) is 4.90. The normalized spacial score (nSPS) is 30.8. The maximum absolute atomic E-state index is 9.58. The van der Waals surface area contributed by atoms with Crippen molar-refractivity contribution in [2.45, 2.75) is 37.8 Å². The molecule has 0 amide bonds. The van der Waals surface area contributed by atoms with Gasteiger partial charge in [0.1, 0.15) is 0 Å². The fourth-order valence-corrected chi connectivity index (χ4v) is 2.69. The molecule has 4 nitrogen and oxygen atoms in total. The van der Waals surface area contributed by atoms with Crippen LogP contribution in [0.2, 0.25) is 0 Å². The largest absolute Gasteiger partial charge is 0.392 e. The van der Waals surface area contributed by atoms with Crippen molar-refractivity contribution >= 4 is 0 Å². The Morgan fingerprint density at radius 3 is 2.38 bits per heavy atom. The van der Waals surface area contributed by atoms with E-state index in [1.165, 1.54) is 0 Å². The van der Waals surface area contributed by atoms with Crippen molar-refractivity contribution < 1.29 is 5.11 Å². The lowest BCUT2D eigenvalue weighted by Crippen LogP contribution is -2.45. The van der Waals surface area contributed by atoms with Gasteiger partial charge in [-0.1, -0.05) is 0 Å². The summed E-state index contributed by atoms with van der Waals surface area (Å²) < 4.78 is 0. The van der Waals surface area contributed by atoms with Crippen LogP contribution >= 0.6 is 0 Å². The Morgan fingerprint density at radius 2 is 1.69 bits per heavy atom. The van der Waals surface area contributed by atoms with Crippen molar-refractivity contribution in [2.75, 3.05) is 39.3 Å². The molecule has 1 atom stereocenters. The Hall–Kier alpha value is -0.160. The van der Waals surface area contributed by atoms with Gasteiger partial charge in [0, 0.05) is 25.7 Å². The topological polar surface area (TPSA) is 52.7 Å². The average Bonchev–Trinajstić information content (AvgIpc) is 2.28. The molecular weight excluding hydrogens is 202 g/mol. The molecule has 3 N–H and O–H groups in total. The first kappa shape index (κ1) is 12.3. The van der Waals surface area contributed by atoms with E-state index in [0.29, 0.717) is 6.04 Å². The number of piperidine rings is 2. The van der Waals surface area contributed by atoms with Crippen LogP contribution in [0.5, 0.6) is 0 Å². The van der Waals surface area contributed by atoms with Gasteiger partial charge in [0.05, 0.1) is 6.10 Å². The van der Waals surface area contributed by atoms with E-state index < -0.39 is 0 Å². The van der Waals surface area contributed by atoms with Gasteiger partial charge in [0.25, 0.3) is 0 Å². The number of hydrogen-bond acceptors (Lipinski definition) is 4. The molecule has 0 spiro atoms. The molecule has 0 aromatic carbocycles. The number of aliphatic hydroxyl groups excluding tert-OH is 1. The fourth-order valence-electron chi connectivity index (χ4n) is 2.69. The van der Waals surface area contributed by atoms with E-state index in [4.69, 9.17) is 5.73 Å². The van der Waals surface area contributed by atoms with Crippen molar-refractivity contribution in [3.8, 4) is 0 Å². The van der Waals surface area contributed by atoms with E-state index in [0.717, 1.165) is 65.0 Å². The van der Waals surface area contributed by atoms with Crippen LogP contribution in [0.3, 0.4) is 0 Å². The van der Waals surface area contributed by atoms with E-state index in [1.807, 2.05) is 0 Å². The van der Waals surface area contributed by atoms with Crippen LogP contribution < -0.4 is 5.73 Å². The first-order valence-electron chi connectivity index (χ1n) is 6.62. The standard InChI is InChI=1S/C12H25N3O/c13-11-3-6-14(7-4-11)8-9-15-5-1-2-12(16)10-15/h11-12,16H,1-10,13H2/t12-/m1/s1. The Kier molecular flexibility index (Phi) is 4.58. The van der Waals surface area contributed by atoms with Crippen molar-refractivity contribution in [3.05, 3.63) is 0 Å². The molecule has 2 rings (SSSR count). The number of nitrogens with two attached hydrogens (primary N) is 1. The minimum atomic E-state index is -0.0940. The van der Waals surface area contributed by atoms with Crippen molar-refractivity contribution in [2.24, 2.45) is 5.73 Å². The zero-order valence-electron chi connectivity index (χ0n) is 10.1. The third-order valence-electron chi connectivity index (χ3n) is 3.85. The van der Waals surface area contributed by atoms with Gasteiger partial charge in [-0.15, -0.1) is 0 Å². The summed E-state index contributed by atoms with van der Waals surface area (Å²) in [5.41, 5.74) is 5.88. The summed E-state index contributed by atoms with van der Waals surface area (Å²) in [5, 5.41) is 9.58. The van der Waals surface area contributed by atoms with E-state index in [9.17, 15) is 5.11 Å². The highest BCUT2D eigenvalue weighted by atomic mass is 16.3. The summed E-state index contributed by atoms with van der Waals surface area (Å²) in [5.74, 6) is 0. The first-order valence-corrected chi connectivity index (χ1v) is 6.62. The van der Waals surface area contributed by atoms with E-state index in [2.05, 4.69) is 9.80 Å². The zero-order valence-corrected chi connectivity index (χ0v) is 10.1. The van der Waals surface area contributed by atoms with Crippen LogP contribution in [0.15, 0.2) is 0 Å². The predicted molar refractivity (Wildman–Crippen MR) is 65.3 cm³/mol. The quantitative estimate of drug-likeness (QED) is 0.705. The van der Waals surface area contributed by atoms with Crippen LogP contribution in [0.25, 0.3) is 0 Å². The molecule has 0 aromatic heterocycles. The molecule has 0 bridgehead atoms. The lowest BCUT2D eigenvalue weighted by atomic mass is 10.1. The van der Waals surface area contributed by atoms with E-state index in [1.54, 1.807) is 0 Å². The molecule has 0 radical (unpaired) electrons. The second kappa shape index (κ2) is 5.96. The van der Waals surface area contributed by atoms with Crippen LogP contribution in [-0.2, 0) is 0 Å². The molecule has 94 valence electrons. The summed E-state index contributed by atoms with van der Waals surface area (Å²) in [7, 11) is 0. The van der Waals surface area contributed by atoms with Gasteiger partial charge < -0.3 is 15.7 Å². The second-order valence-corrected chi connectivity index (χ2v) is 5.28. The minimum absolute atomic E-state index is 0.0940. The van der Waals surface area contributed by atoms with Crippen LogP contribution in [0.4, 0.5) is 0 Å². The highest BCUT2D eigenvalue weighted by molar-refractivity contribution is 4.77. The van der Waals surface area contributed by atoms with E-state index >= 15 is 0 Å². The van der Waals surface area contributed by atoms with Gasteiger partial charge in [0.2, 0.25) is 0 Å². The SMILES string of the molecule is NC1CCN(CCN2CCC[C@@H](O)C2)CC1. The molecule has 2 fully saturated rings. The van der Waals surface area contributed by atoms with Gasteiger partial charge in [-0.3, -0.25) is 4.90 Å². The maximum atomic E-state index is 9.58. The van der Waals surface area contributed by atoms with Crippen LogP contribution in [-0.4, -0.2) is 66.3 Å². The van der Waals surface area contributed by atoms with Crippen molar-refractivity contribution in [3.63, 3.8) is 0 Å². The van der Waals surface area contributed by atoms with Gasteiger partial charge in [-0.05, 0) is 45.3 Å². The molecule has 2 heterocycles. The molecule has 2 aliphatic heterocycles. The second-order valence-electron chi connectivity index (χ2n) is 5.28. The van der Waals surface area contributed by atoms with Crippen molar-refractivity contribution in [1.29, 1.82) is 0 Å². The van der Waals surface area contributed by atoms with Gasteiger partial charge >= 0.3 is 0 Å². The number of aliphatic hydroxyl groups is 1. The first-order chi connectivity index (χ1) is 7.74. The Labute approximate surface area is 98.4 Å². The number of likely N-dealkylation sites (tertiary alicyclic amines) is 2. The average molecular weight is 227 g/mol. The highest BCUT2D eigenvalue weighted by Gasteiger charge is 2.20. The smallest absolute Gasteiger partial charge is 0.0667 e. The summed E-state index contributed by atoms with van der Waals surface area (Å²) in [6.07, 6.45) is 4.32. The molecule has 4 heteroatoms. The van der Waals surface area contributed by atoms with Crippen molar-refractivity contribution in [1.82, 2.24) is 9.80 Å². The predicted octanol–water partition coefficient (Wildman–Crippen LogP) is -0.134. The fraction of sp³-hybridized carbons (Fsp3) is 1.00. The molecule has 0 aromatic rings. The third-order valence-corrected chi connectivity index (χ3v) is 3.85. The number of nitrogens with zero attached hydrogens (tertiary/aromatic N) is 2. The highest BCUT2D eigenvalue weighted by Crippen LogP contribution is 2.11. The number of hydrogen-bond donors (Lipinski definition) is 2. The summed E-state index contributed by atoms with van der Waals surface area (Å²) >= 11 is 0.